The molecule has 1 heterocycles. The van der Waals surface area contributed by atoms with Crippen LogP contribution in [0.2, 0.25) is 0 Å². The van der Waals surface area contributed by atoms with E-state index in [0.29, 0.717) is 19.4 Å². The fraction of sp³-hybridized carbons (Fsp3) is 0.800. The van der Waals surface area contributed by atoms with E-state index in [1.807, 2.05) is 6.92 Å². The standard InChI is InChI=1S/C20H34O4/c1-4-7-8-9-10-11-13-17(12-5-2)19(22)24-20(6-3)14-15-23-18(21)16-20/h8-9,17H,4-7,10-16H2,1-3H3. The summed E-state index contributed by atoms with van der Waals surface area (Å²) < 4.78 is 10.8. The molecule has 0 N–H and O–H groups in total. The highest BCUT2D eigenvalue weighted by atomic mass is 16.6. The third kappa shape index (κ3) is 7.06. The molecule has 4 nitrogen and oxygen atoms in total. The summed E-state index contributed by atoms with van der Waals surface area (Å²) in [6.45, 7) is 6.58. The van der Waals surface area contributed by atoms with Gasteiger partial charge in [0.1, 0.15) is 5.60 Å². The van der Waals surface area contributed by atoms with Crippen LogP contribution in [0.25, 0.3) is 0 Å². The highest BCUT2D eigenvalue weighted by Crippen LogP contribution is 2.31. The lowest BCUT2D eigenvalue weighted by molar-refractivity contribution is -0.181. The SMILES string of the molecule is CCCC=CCCCC(CCC)C(=O)OC1(CC)CCOC(=O)C1. The number of cyclic esters (lactones) is 1. The number of esters is 2. The van der Waals surface area contributed by atoms with E-state index < -0.39 is 5.60 Å². The number of unbranched alkanes of at least 4 members (excludes halogenated alkanes) is 2. The summed E-state index contributed by atoms with van der Waals surface area (Å²) in [7, 11) is 0. The topological polar surface area (TPSA) is 52.6 Å². The first-order valence-electron chi connectivity index (χ1n) is 9.60. The van der Waals surface area contributed by atoms with Crippen molar-refractivity contribution < 1.29 is 19.1 Å². The fourth-order valence-electron chi connectivity index (χ4n) is 3.12. The molecule has 1 rings (SSSR count). The van der Waals surface area contributed by atoms with E-state index in [4.69, 9.17) is 9.47 Å². The van der Waals surface area contributed by atoms with Crippen LogP contribution in [-0.4, -0.2) is 24.1 Å². The van der Waals surface area contributed by atoms with Gasteiger partial charge in [-0.2, -0.15) is 0 Å². The minimum atomic E-state index is -0.653. The zero-order valence-electron chi connectivity index (χ0n) is 15.6. The van der Waals surface area contributed by atoms with Crippen LogP contribution in [0.3, 0.4) is 0 Å². The van der Waals surface area contributed by atoms with Crippen molar-refractivity contribution in [3.8, 4) is 0 Å². The smallest absolute Gasteiger partial charge is 0.309 e. The summed E-state index contributed by atoms with van der Waals surface area (Å²) in [5.74, 6) is -0.453. The molecule has 0 amide bonds. The number of rotatable bonds is 11. The fourth-order valence-corrected chi connectivity index (χ4v) is 3.12. The van der Waals surface area contributed by atoms with Gasteiger partial charge in [0.05, 0.1) is 18.9 Å². The van der Waals surface area contributed by atoms with Gasteiger partial charge < -0.3 is 9.47 Å². The van der Waals surface area contributed by atoms with Gasteiger partial charge in [0.15, 0.2) is 0 Å². The Labute approximate surface area is 147 Å². The number of carbonyl (C=O) groups is 2. The average Bonchev–Trinajstić information content (AvgIpc) is 2.57. The Bertz CT molecular complexity index is 416. The first kappa shape index (κ1) is 20.7. The van der Waals surface area contributed by atoms with Gasteiger partial charge in [-0.25, -0.2) is 0 Å². The Morgan fingerprint density at radius 1 is 1.21 bits per heavy atom. The Balaban J connectivity index is 2.53. The minimum Gasteiger partial charge on any atom is -0.465 e. The monoisotopic (exact) mass is 338 g/mol. The van der Waals surface area contributed by atoms with Crippen LogP contribution in [0.15, 0.2) is 12.2 Å². The van der Waals surface area contributed by atoms with Gasteiger partial charge in [-0.3, -0.25) is 9.59 Å². The van der Waals surface area contributed by atoms with E-state index in [-0.39, 0.29) is 24.3 Å². The molecule has 2 atom stereocenters. The number of ether oxygens (including phenoxy) is 2. The van der Waals surface area contributed by atoms with Crippen molar-refractivity contribution >= 4 is 11.9 Å². The Morgan fingerprint density at radius 2 is 1.96 bits per heavy atom. The predicted molar refractivity (Wildman–Crippen MR) is 95.6 cm³/mol. The normalized spacial score (nSPS) is 22.4. The average molecular weight is 338 g/mol. The quantitative estimate of drug-likeness (QED) is 0.303. The second-order valence-electron chi connectivity index (χ2n) is 6.78. The maximum atomic E-state index is 12.6. The molecule has 0 spiro atoms. The molecule has 0 aromatic carbocycles. The van der Waals surface area contributed by atoms with Crippen molar-refractivity contribution in [1.82, 2.24) is 0 Å². The Morgan fingerprint density at radius 3 is 2.58 bits per heavy atom. The lowest BCUT2D eigenvalue weighted by Crippen LogP contribution is -2.43. The molecule has 0 aliphatic carbocycles. The largest absolute Gasteiger partial charge is 0.465 e. The van der Waals surface area contributed by atoms with E-state index in [9.17, 15) is 9.59 Å². The minimum absolute atomic E-state index is 0.0593. The van der Waals surface area contributed by atoms with Gasteiger partial charge in [-0.05, 0) is 38.5 Å². The molecule has 2 unspecified atom stereocenters. The van der Waals surface area contributed by atoms with Gasteiger partial charge in [-0.15, -0.1) is 0 Å². The maximum Gasteiger partial charge on any atom is 0.309 e. The predicted octanol–water partition coefficient (Wildman–Crippen LogP) is 4.96. The molecule has 0 bridgehead atoms. The van der Waals surface area contributed by atoms with Crippen molar-refractivity contribution in [2.24, 2.45) is 5.92 Å². The second-order valence-corrected chi connectivity index (χ2v) is 6.78. The molecule has 1 aliphatic rings. The van der Waals surface area contributed by atoms with E-state index in [1.54, 1.807) is 0 Å². The third-order valence-electron chi connectivity index (χ3n) is 4.76. The van der Waals surface area contributed by atoms with Gasteiger partial charge in [0.25, 0.3) is 0 Å². The molecule has 0 aromatic rings. The van der Waals surface area contributed by atoms with E-state index in [0.717, 1.165) is 38.5 Å². The zero-order valence-corrected chi connectivity index (χ0v) is 15.6. The molecule has 0 saturated carbocycles. The van der Waals surface area contributed by atoms with Crippen molar-refractivity contribution in [3.05, 3.63) is 12.2 Å². The molecule has 138 valence electrons. The van der Waals surface area contributed by atoms with E-state index in [2.05, 4.69) is 26.0 Å². The molecular weight excluding hydrogens is 304 g/mol. The lowest BCUT2D eigenvalue weighted by atomic mass is 9.90. The Hall–Kier alpha value is -1.32. The molecule has 0 radical (unpaired) electrons. The summed E-state index contributed by atoms with van der Waals surface area (Å²) in [4.78, 5) is 24.2. The summed E-state index contributed by atoms with van der Waals surface area (Å²) in [6.07, 6.45) is 12.9. The molecule has 24 heavy (non-hydrogen) atoms. The van der Waals surface area contributed by atoms with Gasteiger partial charge in [0.2, 0.25) is 0 Å². The van der Waals surface area contributed by atoms with Crippen molar-refractivity contribution in [1.29, 1.82) is 0 Å². The van der Waals surface area contributed by atoms with Gasteiger partial charge >= 0.3 is 11.9 Å². The molecule has 1 saturated heterocycles. The first-order chi connectivity index (χ1) is 11.6. The maximum absolute atomic E-state index is 12.6. The van der Waals surface area contributed by atoms with Crippen LogP contribution in [0, 0.1) is 5.92 Å². The number of carbonyl (C=O) groups excluding carboxylic acids is 2. The van der Waals surface area contributed by atoms with Crippen LogP contribution >= 0.6 is 0 Å². The number of hydrogen-bond acceptors (Lipinski definition) is 4. The van der Waals surface area contributed by atoms with Crippen LogP contribution in [0.4, 0.5) is 0 Å². The zero-order chi connectivity index (χ0) is 17.8. The third-order valence-corrected chi connectivity index (χ3v) is 4.76. The van der Waals surface area contributed by atoms with Crippen LogP contribution < -0.4 is 0 Å². The van der Waals surface area contributed by atoms with Crippen molar-refractivity contribution in [2.45, 2.75) is 90.6 Å². The number of hydrogen-bond donors (Lipinski definition) is 0. The van der Waals surface area contributed by atoms with Crippen LogP contribution in [-0.2, 0) is 19.1 Å². The highest BCUT2D eigenvalue weighted by Gasteiger charge is 2.40. The first-order valence-corrected chi connectivity index (χ1v) is 9.60. The molecule has 1 aliphatic heterocycles. The summed E-state index contributed by atoms with van der Waals surface area (Å²) in [6, 6.07) is 0. The second kappa shape index (κ2) is 11.3. The lowest BCUT2D eigenvalue weighted by Gasteiger charge is -2.36. The Kier molecular flexibility index (Phi) is 9.73. The van der Waals surface area contributed by atoms with Gasteiger partial charge in [0, 0.05) is 6.42 Å². The van der Waals surface area contributed by atoms with E-state index >= 15 is 0 Å². The molecule has 0 aromatic heterocycles. The van der Waals surface area contributed by atoms with Crippen molar-refractivity contribution in [3.63, 3.8) is 0 Å². The van der Waals surface area contributed by atoms with Crippen LogP contribution in [0.1, 0.15) is 85.0 Å². The number of allylic oxidation sites excluding steroid dienone is 2. The molecule has 4 heteroatoms. The summed E-state index contributed by atoms with van der Waals surface area (Å²) >= 11 is 0. The molecular formula is C20H34O4. The summed E-state index contributed by atoms with van der Waals surface area (Å²) in [5.41, 5.74) is -0.653. The molecule has 1 fully saturated rings. The summed E-state index contributed by atoms with van der Waals surface area (Å²) in [5, 5.41) is 0. The highest BCUT2D eigenvalue weighted by molar-refractivity contribution is 5.75. The van der Waals surface area contributed by atoms with E-state index in [1.165, 1.54) is 6.42 Å². The van der Waals surface area contributed by atoms with Crippen LogP contribution in [0.5, 0.6) is 0 Å². The van der Waals surface area contributed by atoms with Crippen molar-refractivity contribution in [2.75, 3.05) is 6.61 Å². The van der Waals surface area contributed by atoms with Gasteiger partial charge in [-0.1, -0.05) is 45.8 Å².